The molecule has 1 aliphatic rings. The van der Waals surface area contributed by atoms with Crippen LogP contribution in [-0.2, 0) is 9.53 Å². The minimum atomic E-state index is -0.125. The number of nitrogens with one attached hydrogen (secondary N) is 2. The van der Waals surface area contributed by atoms with E-state index in [1.54, 1.807) is 19.0 Å². The van der Waals surface area contributed by atoms with Crippen LogP contribution in [0, 0.1) is 0 Å². The third-order valence-electron chi connectivity index (χ3n) is 3.34. The maximum Gasteiger partial charge on any atom is 0.243 e. The third kappa shape index (κ3) is 5.77. The molecule has 0 spiro atoms. The normalized spacial score (nSPS) is 22.7. The Labute approximate surface area is 122 Å². The number of aliphatic imine (C=N–C) groups is 1. The Morgan fingerprint density at radius 3 is 2.70 bits per heavy atom. The highest BCUT2D eigenvalue weighted by molar-refractivity contribution is 5.84. The molecule has 20 heavy (non-hydrogen) atoms. The first kappa shape index (κ1) is 16.8. The zero-order valence-electron chi connectivity index (χ0n) is 13.2. The van der Waals surface area contributed by atoms with E-state index in [-0.39, 0.29) is 18.1 Å². The van der Waals surface area contributed by atoms with Crippen LogP contribution in [0.5, 0.6) is 0 Å². The summed E-state index contributed by atoms with van der Waals surface area (Å²) in [5, 5.41) is 6.49. The van der Waals surface area contributed by atoms with Gasteiger partial charge in [-0.2, -0.15) is 0 Å². The summed E-state index contributed by atoms with van der Waals surface area (Å²) >= 11 is 0. The zero-order chi connectivity index (χ0) is 15.0. The second-order valence-electron chi connectivity index (χ2n) is 5.64. The van der Waals surface area contributed by atoms with E-state index in [1.165, 1.54) is 0 Å². The monoisotopic (exact) mass is 284 g/mol. The number of hydrogen-bond donors (Lipinski definition) is 2. The van der Waals surface area contributed by atoms with Gasteiger partial charge in [0.05, 0.1) is 5.60 Å². The molecule has 2 N–H and O–H groups in total. The molecular formula is C14H28N4O2. The van der Waals surface area contributed by atoms with Crippen molar-refractivity contribution in [3.8, 4) is 0 Å². The van der Waals surface area contributed by atoms with E-state index in [4.69, 9.17) is 4.74 Å². The van der Waals surface area contributed by atoms with Crippen LogP contribution in [0.2, 0.25) is 0 Å². The number of nitrogens with zero attached hydrogens (tertiary/aromatic N) is 2. The molecule has 1 heterocycles. The summed E-state index contributed by atoms with van der Waals surface area (Å²) in [5.74, 6) is 0.671. The molecule has 0 saturated carbocycles. The molecule has 0 aromatic carbocycles. The van der Waals surface area contributed by atoms with Crippen molar-refractivity contribution in [3.05, 3.63) is 0 Å². The lowest BCUT2D eigenvalue weighted by atomic mass is 10.0. The number of amides is 1. The highest BCUT2D eigenvalue weighted by atomic mass is 16.5. The highest BCUT2D eigenvalue weighted by Crippen LogP contribution is 2.23. The van der Waals surface area contributed by atoms with E-state index in [0.717, 1.165) is 32.4 Å². The van der Waals surface area contributed by atoms with E-state index in [9.17, 15) is 4.79 Å². The average molecular weight is 284 g/mol. The molecule has 1 amide bonds. The van der Waals surface area contributed by atoms with Crippen molar-refractivity contribution in [2.45, 2.75) is 38.7 Å². The fourth-order valence-electron chi connectivity index (χ4n) is 1.95. The molecule has 0 aromatic heterocycles. The second-order valence-corrected chi connectivity index (χ2v) is 5.64. The number of likely N-dealkylation sites (N-methyl/N-ethyl adjacent to an activating group) is 1. The van der Waals surface area contributed by atoms with Crippen molar-refractivity contribution in [1.29, 1.82) is 0 Å². The lowest BCUT2D eigenvalue weighted by molar-refractivity contribution is -0.127. The van der Waals surface area contributed by atoms with E-state index in [0.29, 0.717) is 12.5 Å². The Morgan fingerprint density at radius 1 is 1.40 bits per heavy atom. The smallest absolute Gasteiger partial charge is 0.243 e. The molecule has 0 aliphatic carbocycles. The summed E-state index contributed by atoms with van der Waals surface area (Å²) in [6.07, 6.45) is 3.17. The van der Waals surface area contributed by atoms with Crippen LogP contribution in [0.15, 0.2) is 4.99 Å². The number of rotatable bonds is 6. The van der Waals surface area contributed by atoms with E-state index >= 15 is 0 Å². The van der Waals surface area contributed by atoms with Gasteiger partial charge in [0.15, 0.2) is 5.96 Å². The fraction of sp³-hybridized carbons (Fsp3) is 0.857. The number of carbonyl (C=O) groups excluding carboxylic acids is 1. The first-order valence-electron chi connectivity index (χ1n) is 7.33. The minimum absolute atomic E-state index is 0.00840. The molecule has 0 aromatic rings. The third-order valence-corrected chi connectivity index (χ3v) is 3.34. The molecule has 1 unspecified atom stereocenters. The first-order chi connectivity index (χ1) is 9.47. The predicted molar refractivity (Wildman–Crippen MR) is 80.9 cm³/mol. The molecule has 116 valence electrons. The second kappa shape index (κ2) is 8.09. The summed E-state index contributed by atoms with van der Waals surface area (Å²) in [6.45, 7) is 6.72. The molecule has 6 heteroatoms. The molecule has 1 fully saturated rings. The molecule has 0 radical (unpaired) electrons. The van der Waals surface area contributed by atoms with Gasteiger partial charge in [-0.15, -0.1) is 0 Å². The molecular weight excluding hydrogens is 256 g/mol. The summed E-state index contributed by atoms with van der Waals surface area (Å²) in [7, 11) is 3.47. The molecule has 1 aliphatic heterocycles. The van der Waals surface area contributed by atoms with Gasteiger partial charge < -0.3 is 20.3 Å². The Bertz CT molecular complexity index is 336. The van der Waals surface area contributed by atoms with Gasteiger partial charge in [-0.1, -0.05) is 6.92 Å². The van der Waals surface area contributed by atoms with Crippen molar-refractivity contribution < 1.29 is 9.53 Å². The van der Waals surface area contributed by atoms with Gasteiger partial charge in [0.25, 0.3) is 0 Å². The van der Waals surface area contributed by atoms with Crippen molar-refractivity contribution in [2.75, 3.05) is 40.3 Å². The fourth-order valence-corrected chi connectivity index (χ4v) is 1.95. The average Bonchev–Trinajstić information content (AvgIpc) is 2.84. The first-order valence-corrected chi connectivity index (χ1v) is 7.33. The lowest BCUT2D eigenvalue weighted by Gasteiger charge is -2.24. The molecule has 0 bridgehead atoms. The van der Waals surface area contributed by atoms with Crippen LogP contribution < -0.4 is 10.6 Å². The van der Waals surface area contributed by atoms with E-state index < -0.39 is 0 Å². The van der Waals surface area contributed by atoms with Crippen molar-refractivity contribution in [3.63, 3.8) is 0 Å². The van der Waals surface area contributed by atoms with Gasteiger partial charge >= 0.3 is 0 Å². The highest BCUT2D eigenvalue weighted by Gasteiger charge is 2.29. The van der Waals surface area contributed by atoms with Crippen molar-refractivity contribution in [1.82, 2.24) is 15.5 Å². The standard InChI is InChI=1S/C14H28N4O2/c1-5-8-15-13(16-10-12(19)18(3)4)17-11-14(2)7-6-9-20-14/h5-11H2,1-4H3,(H2,15,16,17). The van der Waals surface area contributed by atoms with Crippen LogP contribution in [0.25, 0.3) is 0 Å². The number of hydrogen-bond acceptors (Lipinski definition) is 3. The van der Waals surface area contributed by atoms with Crippen LogP contribution >= 0.6 is 0 Å². The van der Waals surface area contributed by atoms with Gasteiger partial charge in [0, 0.05) is 33.8 Å². The van der Waals surface area contributed by atoms with Gasteiger partial charge in [-0.3, -0.25) is 4.79 Å². The van der Waals surface area contributed by atoms with Crippen LogP contribution in [0.4, 0.5) is 0 Å². The summed E-state index contributed by atoms with van der Waals surface area (Å²) in [5.41, 5.74) is -0.125. The minimum Gasteiger partial charge on any atom is -0.373 e. The molecule has 1 saturated heterocycles. The Hall–Kier alpha value is -1.30. The molecule has 1 atom stereocenters. The topological polar surface area (TPSA) is 66.0 Å². The summed E-state index contributed by atoms with van der Waals surface area (Å²) < 4.78 is 5.74. The number of ether oxygens (including phenoxy) is 1. The maximum atomic E-state index is 11.6. The number of guanidine groups is 1. The largest absolute Gasteiger partial charge is 0.373 e. The van der Waals surface area contributed by atoms with Crippen molar-refractivity contribution >= 4 is 11.9 Å². The predicted octanol–water partition coefficient (Wildman–Crippen LogP) is 0.589. The van der Waals surface area contributed by atoms with E-state index in [1.807, 2.05) is 0 Å². The quantitative estimate of drug-likeness (QED) is 0.553. The molecule has 6 nitrogen and oxygen atoms in total. The summed E-state index contributed by atoms with van der Waals surface area (Å²) in [6, 6.07) is 0. The Balaban J connectivity index is 2.50. The van der Waals surface area contributed by atoms with Gasteiger partial charge in [-0.05, 0) is 26.2 Å². The lowest BCUT2D eigenvalue weighted by Crippen LogP contribution is -2.46. The maximum absolute atomic E-state index is 11.6. The van der Waals surface area contributed by atoms with Gasteiger partial charge in [0.2, 0.25) is 5.91 Å². The van der Waals surface area contributed by atoms with Gasteiger partial charge in [0.1, 0.15) is 6.54 Å². The van der Waals surface area contributed by atoms with Crippen LogP contribution in [0.3, 0.4) is 0 Å². The van der Waals surface area contributed by atoms with E-state index in [2.05, 4.69) is 29.5 Å². The Morgan fingerprint density at radius 2 is 2.15 bits per heavy atom. The van der Waals surface area contributed by atoms with Crippen LogP contribution in [0.1, 0.15) is 33.1 Å². The Kier molecular flexibility index (Phi) is 6.78. The summed E-state index contributed by atoms with van der Waals surface area (Å²) in [4.78, 5) is 17.4. The zero-order valence-corrected chi connectivity index (χ0v) is 13.2. The SMILES string of the molecule is CCCNC(=NCC(=O)N(C)C)NCC1(C)CCCO1. The molecule has 1 rings (SSSR count). The number of carbonyl (C=O) groups is 1. The van der Waals surface area contributed by atoms with Crippen molar-refractivity contribution in [2.24, 2.45) is 4.99 Å². The van der Waals surface area contributed by atoms with Crippen LogP contribution in [-0.4, -0.2) is 62.7 Å². The van der Waals surface area contributed by atoms with Gasteiger partial charge in [-0.25, -0.2) is 4.99 Å².